The summed E-state index contributed by atoms with van der Waals surface area (Å²) in [6.45, 7) is 1.89. The highest BCUT2D eigenvalue weighted by Crippen LogP contribution is 2.18. The number of hydrogen-bond acceptors (Lipinski definition) is 6. The second kappa shape index (κ2) is 6.28. The Kier molecular flexibility index (Phi) is 4.75. The minimum Gasteiger partial charge on any atom is -0.478 e. The molecular weight excluding hydrogens is 256 g/mol. The topological polar surface area (TPSA) is 134 Å². The molecule has 0 unspecified atom stereocenters. The van der Waals surface area contributed by atoms with Gasteiger partial charge in [-0.25, -0.2) is 9.78 Å². The summed E-state index contributed by atoms with van der Waals surface area (Å²) in [6, 6.07) is 0.927. The molecular formula is C10H12N4O5. The number of nitrogens with zero attached hydrogens (tertiary/aromatic N) is 2. The maximum atomic E-state index is 11.0. The van der Waals surface area contributed by atoms with Crippen LogP contribution in [0.4, 0.5) is 11.5 Å². The minimum absolute atomic E-state index is 0.0171. The van der Waals surface area contributed by atoms with Crippen molar-refractivity contribution in [3.63, 3.8) is 0 Å². The van der Waals surface area contributed by atoms with Crippen LogP contribution in [-0.2, 0) is 4.79 Å². The van der Waals surface area contributed by atoms with Gasteiger partial charge in [0.1, 0.15) is 17.6 Å². The Hall–Kier alpha value is -2.71. The van der Waals surface area contributed by atoms with Crippen LogP contribution in [0.3, 0.4) is 0 Å². The predicted octanol–water partition coefficient (Wildman–Crippen LogP) is 0.236. The largest absolute Gasteiger partial charge is 0.478 e. The van der Waals surface area contributed by atoms with Gasteiger partial charge in [0.25, 0.3) is 5.69 Å². The van der Waals surface area contributed by atoms with Crippen molar-refractivity contribution in [2.45, 2.75) is 6.92 Å². The first-order valence-electron chi connectivity index (χ1n) is 5.28. The molecule has 9 nitrogen and oxygen atoms in total. The number of aromatic carboxylic acids is 1. The second-order valence-electron chi connectivity index (χ2n) is 3.56. The number of carbonyl (C=O) groups is 2. The fourth-order valence-electron chi connectivity index (χ4n) is 1.28. The van der Waals surface area contributed by atoms with Gasteiger partial charge in [-0.05, 0) is 0 Å². The van der Waals surface area contributed by atoms with Gasteiger partial charge in [0.05, 0.1) is 4.92 Å². The zero-order valence-electron chi connectivity index (χ0n) is 10.0. The van der Waals surface area contributed by atoms with Crippen molar-refractivity contribution >= 4 is 23.4 Å². The van der Waals surface area contributed by atoms with E-state index in [0.717, 1.165) is 12.3 Å². The highest BCUT2D eigenvalue weighted by molar-refractivity contribution is 5.93. The van der Waals surface area contributed by atoms with Crippen LogP contribution in [0.5, 0.6) is 0 Å². The third-order valence-electron chi connectivity index (χ3n) is 2.11. The standard InChI is InChI=1S/C10H12N4O5/c1-6(15)11-2-3-12-9-8(10(16)17)4-7(5-13-9)14(18)19/h4-5H,2-3H2,1H3,(H,11,15)(H,12,13)(H,16,17). The highest BCUT2D eigenvalue weighted by atomic mass is 16.6. The smallest absolute Gasteiger partial charge is 0.339 e. The molecule has 1 amide bonds. The van der Waals surface area contributed by atoms with Gasteiger partial charge in [-0.1, -0.05) is 0 Å². The molecule has 0 aliphatic carbocycles. The quantitative estimate of drug-likeness (QED) is 0.382. The molecule has 0 radical (unpaired) electrons. The Morgan fingerprint density at radius 2 is 2.16 bits per heavy atom. The lowest BCUT2D eigenvalue weighted by Gasteiger charge is -2.08. The van der Waals surface area contributed by atoms with E-state index < -0.39 is 16.6 Å². The molecule has 9 heteroatoms. The molecule has 0 aliphatic rings. The maximum absolute atomic E-state index is 11.0. The van der Waals surface area contributed by atoms with E-state index >= 15 is 0 Å². The molecule has 0 fully saturated rings. The SMILES string of the molecule is CC(=O)NCCNc1ncc([N+](=O)[O-])cc1C(=O)O. The summed E-state index contributed by atoms with van der Waals surface area (Å²) in [5, 5.41) is 24.7. The number of anilines is 1. The monoisotopic (exact) mass is 268 g/mol. The van der Waals surface area contributed by atoms with Crippen molar-refractivity contribution in [1.29, 1.82) is 0 Å². The number of carbonyl (C=O) groups excluding carboxylic acids is 1. The van der Waals surface area contributed by atoms with E-state index in [4.69, 9.17) is 5.11 Å². The molecule has 1 heterocycles. The molecule has 0 aromatic carbocycles. The average Bonchev–Trinajstić information content (AvgIpc) is 2.34. The highest BCUT2D eigenvalue weighted by Gasteiger charge is 2.17. The molecule has 0 saturated carbocycles. The molecule has 1 aromatic heterocycles. The van der Waals surface area contributed by atoms with E-state index in [0.29, 0.717) is 0 Å². The summed E-state index contributed by atoms with van der Waals surface area (Å²) >= 11 is 0. The number of hydrogen-bond donors (Lipinski definition) is 3. The molecule has 19 heavy (non-hydrogen) atoms. The Morgan fingerprint density at radius 1 is 1.47 bits per heavy atom. The third kappa shape index (κ3) is 4.22. The Morgan fingerprint density at radius 3 is 2.68 bits per heavy atom. The lowest BCUT2D eigenvalue weighted by Crippen LogP contribution is -2.26. The number of carboxylic acid groups (broad SMARTS) is 1. The van der Waals surface area contributed by atoms with E-state index in [1.165, 1.54) is 6.92 Å². The summed E-state index contributed by atoms with van der Waals surface area (Å²) in [4.78, 5) is 35.1. The molecule has 0 bridgehead atoms. The molecule has 1 aromatic rings. The fourth-order valence-corrected chi connectivity index (χ4v) is 1.28. The molecule has 0 spiro atoms. The van der Waals surface area contributed by atoms with E-state index in [9.17, 15) is 19.7 Å². The fraction of sp³-hybridized carbons (Fsp3) is 0.300. The first kappa shape index (κ1) is 14.4. The van der Waals surface area contributed by atoms with Gasteiger partial charge in [-0.15, -0.1) is 0 Å². The Balaban J connectivity index is 2.79. The van der Waals surface area contributed by atoms with Crippen molar-refractivity contribution in [1.82, 2.24) is 10.3 Å². The molecule has 3 N–H and O–H groups in total. The third-order valence-corrected chi connectivity index (χ3v) is 2.11. The molecule has 0 atom stereocenters. The van der Waals surface area contributed by atoms with E-state index in [2.05, 4.69) is 15.6 Å². The van der Waals surface area contributed by atoms with Crippen LogP contribution in [0.1, 0.15) is 17.3 Å². The Labute approximate surface area is 107 Å². The number of amides is 1. The zero-order valence-corrected chi connectivity index (χ0v) is 10.0. The van der Waals surface area contributed by atoms with Crippen molar-refractivity contribution in [3.05, 3.63) is 27.9 Å². The molecule has 1 rings (SSSR count). The van der Waals surface area contributed by atoms with E-state index in [-0.39, 0.29) is 30.4 Å². The summed E-state index contributed by atoms with van der Waals surface area (Å²) < 4.78 is 0. The van der Waals surface area contributed by atoms with Crippen LogP contribution in [0.2, 0.25) is 0 Å². The van der Waals surface area contributed by atoms with Gasteiger partial charge < -0.3 is 15.7 Å². The van der Waals surface area contributed by atoms with Gasteiger partial charge in [-0.3, -0.25) is 14.9 Å². The second-order valence-corrected chi connectivity index (χ2v) is 3.56. The van der Waals surface area contributed by atoms with Gasteiger partial charge in [0, 0.05) is 26.1 Å². The summed E-state index contributed by atoms with van der Waals surface area (Å²) in [6.07, 6.45) is 0.965. The molecule has 0 saturated heterocycles. The van der Waals surface area contributed by atoms with Gasteiger partial charge in [0.15, 0.2) is 0 Å². The normalized spacial score (nSPS) is 9.74. The van der Waals surface area contributed by atoms with Crippen LogP contribution in [0.15, 0.2) is 12.3 Å². The van der Waals surface area contributed by atoms with Crippen LogP contribution in [-0.4, -0.2) is 40.0 Å². The number of carboxylic acids is 1. The number of nitro groups is 1. The van der Waals surface area contributed by atoms with Crippen molar-refractivity contribution in [2.75, 3.05) is 18.4 Å². The first-order chi connectivity index (χ1) is 8.91. The van der Waals surface area contributed by atoms with Crippen molar-refractivity contribution < 1.29 is 19.6 Å². The van der Waals surface area contributed by atoms with Crippen LogP contribution >= 0.6 is 0 Å². The van der Waals surface area contributed by atoms with Gasteiger partial charge >= 0.3 is 5.97 Å². The predicted molar refractivity (Wildman–Crippen MR) is 65.0 cm³/mol. The number of pyridine rings is 1. The lowest BCUT2D eigenvalue weighted by molar-refractivity contribution is -0.385. The van der Waals surface area contributed by atoms with E-state index in [1.807, 2.05) is 0 Å². The number of rotatable bonds is 6. The van der Waals surface area contributed by atoms with Crippen molar-refractivity contribution in [2.24, 2.45) is 0 Å². The first-order valence-corrected chi connectivity index (χ1v) is 5.28. The maximum Gasteiger partial charge on any atom is 0.339 e. The van der Waals surface area contributed by atoms with E-state index in [1.54, 1.807) is 0 Å². The zero-order chi connectivity index (χ0) is 14.4. The van der Waals surface area contributed by atoms with Crippen LogP contribution in [0.25, 0.3) is 0 Å². The number of aromatic nitrogens is 1. The lowest BCUT2D eigenvalue weighted by atomic mass is 10.2. The minimum atomic E-state index is -1.32. The summed E-state index contributed by atoms with van der Waals surface area (Å²) in [7, 11) is 0. The summed E-state index contributed by atoms with van der Waals surface area (Å²) in [5.74, 6) is -1.52. The molecule has 0 aliphatic heterocycles. The van der Waals surface area contributed by atoms with Crippen LogP contribution in [0, 0.1) is 10.1 Å². The Bertz CT molecular complexity index is 517. The molecule has 102 valence electrons. The number of nitrogens with one attached hydrogen (secondary N) is 2. The summed E-state index contributed by atoms with van der Waals surface area (Å²) in [5.41, 5.74) is -0.693. The van der Waals surface area contributed by atoms with Crippen LogP contribution < -0.4 is 10.6 Å². The van der Waals surface area contributed by atoms with Gasteiger partial charge in [-0.2, -0.15) is 0 Å². The van der Waals surface area contributed by atoms with Gasteiger partial charge in [0.2, 0.25) is 5.91 Å². The average molecular weight is 268 g/mol. The van der Waals surface area contributed by atoms with Crippen molar-refractivity contribution in [3.8, 4) is 0 Å².